The van der Waals surface area contributed by atoms with Crippen molar-refractivity contribution in [1.29, 1.82) is 0 Å². The summed E-state index contributed by atoms with van der Waals surface area (Å²) in [6, 6.07) is 12.4. The molecule has 0 spiro atoms. The first kappa shape index (κ1) is 17.5. The summed E-state index contributed by atoms with van der Waals surface area (Å²) in [4.78, 5) is 12.3. The fraction of sp³-hybridized carbons (Fsp3) is 0.211. The van der Waals surface area contributed by atoms with Gasteiger partial charge < -0.3 is 14.6 Å². The number of carbonyl (C=O) groups is 1. The van der Waals surface area contributed by atoms with Gasteiger partial charge in [0.2, 0.25) is 0 Å². The summed E-state index contributed by atoms with van der Waals surface area (Å²) >= 11 is 0. The van der Waals surface area contributed by atoms with E-state index in [2.05, 4.69) is 16.8 Å². The maximum atomic E-state index is 10.9. The zero-order valence-corrected chi connectivity index (χ0v) is 14.2. The second-order valence-electron chi connectivity index (χ2n) is 5.56. The van der Waals surface area contributed by atoms with E-state index in [9.17, 15) is 9.90 Å². The first-order valence-electron chi connectivity index (χ1n) is 8.25. The standard InChI is InChI=1S/C19H19N3O4/c1-2-19(24)26-12-6-5-11-25-14-9-10-18(23)17(13-14)22-20-15-7-3-4-8-16(15)21-22/h2-4,7-10,13,23H,1,5-6,11-12H2. The number of benzene rings is 2. The van der Waals surface area contributed by atoms with Crippen LogP contribution in [0.2, 0.25) is 0 Å². The Morgan fingerprint density at radius 2 is 1.81 bits per heavy atom. The summed E-state index contributed by atoms with van der Waals surface area (Å²) in [5.41, 5.74) is 1.93. The molecule has 0 unspecified atom stereocenters. The van der Waals surface area contributed by atoms with Crippen molar-refractivity contribution in [3.05, 3.63) is 55.1 Å². The molecule has 134 valence electrons. The molecule has 1 heterocycles. The molecular weight excluding hydrogens is 334 g/mol. The van der Waals surface area contributed by atoms with Crippen molar-refractivity contribution >= 4 is 17.0 Å². The molecule has 0 saturated heterocycles. The zero-order chi connectivity index (χ0) is 18.4. The van der Waals surface area contributed by atoms with Crippen LogP contribution in [-0.2, 0) is 9.53 Å². The minimum atomic E-state index is -0.423. The number of unbranched alkanes of at least 4 members (excludes halogenated alkanes) is 1. The van der Waals surface area contributed by atoms with Crippen LogP contribution in [0.5, 0.6) is 11.5 Å². The van der Waals surface area contributed by atoms with Crippen LogP contribution in [0.4, 0.5) is 0 Å². The van der Waals surface area contributed by atoms with Gasteiger partial charge in [-0.3, -0.25) is 0 Å². The quantitative estimate of drug-likeness (QED) is 0.381. The van der Waals surface area contributed by atoms with E-state index in [1.807, 2.05) is 24.3 Å². The van der Waals surface area contributed by atoms with Gasteiger partial charge in [-0.15, -0.1) is 15.0 Å². The van der Waals surface area contributed by atoms with Crippen LogP contribution >= 0.6 is 0 Å². The minimum Gasteiger partial charge on any atom is -0.506 e. The van der Waals surface area contributed by atoms with Crippen molar-refractivity contribution in [2.24, 2.45) is 0 Å². The lowest BCUT2D eigenvalue weighted by atomic mass is 10.3. The van der Waals surface area contributed by atoms with Crippen molar-refractivity contribution in [3.63, 3.8) is 0 Å². The lowest BCUT2D eigenvalue weighted by Gasteiger charge is -2.09. The summed E-state index contributed by atoms with van der Waals surface area (Å²) in [5.74, 6) is 0.240. The van der Waals surface area contributed by atoms with Gasteiger partial charge in [-0.1, -0.05) is 18.7 Å². The Bertz CT molecular complexity index is 887. The highest BCUT2D eigenvalue weighted by molar-refractivity contribution is 5.81. The number of esters is 1. The Hall–Kier alpha value is -3.35. The normalized spacial score (nSPS) is 10.6. The smallest absolute Gasteiger partial charge is 0.330 e. The summed E-state index contributed by atoms with van der Waals surface area (Å²) in [6.45, 7) is 4.13. The number of phenols is 1. The number of hydrogen-bond acceptors (Lipinski definition) is 6. The predicted octanol–water partition coefficient (Wildman–Crippen LogP) is 3.01. The molecule has 2 aromatic carbocycles. The maximum absolute atomic E-state index is 10.9. The first-order valence-corrected chi connectivity index (χ1v) is 8.25. The van der Waals surface area contributed by atoms with E-state index in [0.717, 1.165) is 23.5 Å². The van der Waals surface area contributed by atoms with Gasteiger partial charge in [0.15, 0.2) is 0 Å². The average Bonchev–Trinajstić information content (AvgIpc) is 3.09. The molecule has 3 aromatic rings. The van der Waals surface area contributed by atoms with Crippen molar-refractivity contribution in [3.8, 4) is 17.2 Å². The van der Waals surface area contributed by atoms with E-state index in [0.29, 0.717) is 31.1 Å². The molecule has 0 amide bonds. The number of phenolic OH excluding ortho intramolecular Hbond substituents is 1. The summed E-state index contributed by atoms with van der Waals surface area (Å²) in [5, 5.41) is 18.8. The van der Waals surface area contributed by atoms with Crippen LogP contribution in [0, 0.1) is 0 Å². The highest BCUT2D eigenvalue weighted by Gasteiger charge is 2.10. The summed E-state index contributed by atoms with van der Waals surface area (Å²) in [6.07, 6.45) is 2.56. The van der Waals surface area contributed by atoms with Crippen LogP contribution in [0.25, 0.3) is 16.7 Å². The average molecular weight is 353 g/mol. The highest BCUT2D eigenvalue weighted by Crippen LogP contribution is 2.26. The van der Waals surface area contributed by atoms with Gasteiger partial charge in [0.25, 0.3) is 0 Å². The number of ether oxygens (including phenoxy) is 2. The van der Waals surface area contributed by atoms with Crippen molar-refractivity contribution < 1.29 is 19.4 Å². The monoisotopic (exact) mass is 353 g/mol. The van der Waals surface area contributed by atoms with Crippen LogP contribution in [-0.4, -0.2) is 39.3 Å². The Morgan fingerprint density at radius 3 is 2.50 bits per heavy atom. The molecule has 26 heavy (non-hydrogen) atoms. The predicted molar refractivity (Wildman–Crippen MR) is 96.4 cm³/mol. The van der Waals surface area contributed by atoms with E-state index in [4.69, 9.17) is 9.47 Å². The fourth-order valence-electron chi connectivity index (χ4n) is 2.35. The van der Waals surface area contributed by atoms with E-state index >= 15 is 0 Å². The number of nitrogens with zero attached hydrogens (tertiary/aromatic N) is 3. The van der Waals surface area contributed by atoms with Gasteiger partial charge >= 0.3 is 5.97 Å². The maximum Gasteiger partial charge on any atom is 0.330 e. The van der Waals surface area contributed by atoms with Crippen molar-refractivity contribution in [2.75, 3.05) is 13.2 Å². The van der Waals surface area contributed by atoms with Crippen molar-refractivity contribution in [1.82, 2.24) is 15.0 Å². The molecule has 0 fully saturated rings. The highest BCUT2D eigenvalue weighted by atomic mass is 16.5. The zero-order valence-electron chi connectivity index (χ0n) is 14.2. The Kier molecular flexibility index (Phi) is 5.48. The molecule has 1 aromatic heterocycles. The largest absolute Gasteiger partial charge is 0.506 e. The number of aromatic nitrogens is 3. The molecule has 7 heteroatoms. The van der Waals surface area contributed by atoms with Gasteiger partial charge in [0.05, 0.1) is 13.2 Å². The molecule has 0 atom stereocenters. The fourth-order valence-corrected chi connectivity index (χ4v) is 2.35. The lowest BCUT2D eigenvalue weighted by Crippen LogP contribution is -2.05. The van der Waals surface area contributed by atoms with E-state index in [-0.39, 0.29) is 5.75 Å². The van der Waals surface area contributed by atoms with Gasteiger partial charge in [-0.05, 0) is 37.1 Å². The molecule has 0 aliphatic carbocycles. The molecule has 0 aliphatic rings. The third-order valence-corrected chi connectivity index (χ3v) is 3.67. The van der Waals surface area contributed by atoms with E-state index in [1.54, 1.807) is 18.2 Å². The number of aromatic hydroxyl groups is 1. The number of hydrogen-bond donors (Lipinski definition) is 1. The van der Waals surface area contributed by atoms with Gasteiger partial charge in [0.1, 0.15) is 28.2 Å². The minimum absolute atomic E-state index is 0.0639. The number of carbonyl (C=O) groups excluding carboxylic acids is 1. The van der Waals surface area contributed by atoms with Gasteiger partial charge in [-0.25, -0.2) is 4.79 Å². The SMILES string of the molecule is C=CC(=O)OCCCCOc1ccc(O)c(-n2nc3ccccc3n2)c1. The molecular formula is C19H19N3O4. The summed E-state index contributed by atoms with van der Waals surface area (Å²) < 4.78 is 10.6. The van der Waals surface area contributed by atoms with Crippen molar-refractivity contribution in [2.45, 2.75) is 12.8 Å². The third-order valence-electron chi connectivity index (χ3n) is 3.67. The molecule has 0 saturated carbocycles. The molecule has 0 bridgehead atoms. The van der Waals surface area contributed by atoms with Crippen LogP contribution in [0.15, 0.2) is 55.1 Å². The second-order valence-corrected chi connectivity index (χ2v) is 5.56. The summed E-state index contributed by atoms with van der Waals surface area (Å²) in [7, 11) is 0. The van der Waals surface area contributed by atoms with E-state index < -0.39 is 5.97 Å². The Balaban J connectivity index is 1.61. The Labute approximate surface area is 150 Å². The second kappa shape index (κ2) is 8.15. The topological polar surface area (TPSA) is 86.5 Å². The molecule has 0 radical (unpaired) electrons. The van der Waals surface area contributed by atoms with Gasteiger partial charge in [0, 0.05) is 12.1 Å². The molecule has 7 nitrogen and oxygen atoms in total. The van der Waals surface area contributed by atoms with Crippen LogP contribution in [0.1, 0.15) is 12.8 Å². The van der Waals surface area contributed by atoms with Crippen LogP contribution in [0.3, 0.4) is 0 Å². The number of fused-ring (bicyclic) bond motifs is 1. The van der Waals surface area contributed by atoms with Crippen LogP contribution < -0.4 is 4.74 Å². The third kappa shape index (κ3) is 4.18. The first-order chi connectivity index (χ1) is 12.7. The molecule has 0 aliphatic heterocycles. The molecule has 3 rings (SSSR count). The lowest BCUT2D eigenvalue weighted by molar-refractivity contribution is -0.137. The number of rotatable bonds is 8. The molecule has 1 N–H and O–H groups in total. The van der Waals surface area contributed by atoms with E-state index in [1.165, 1.54) is 4.80 Å². The Morgan fingerprint density at radius 1 is 1.12 bits per heavy atom. The van der Waals surface area contributed by atoms with Gasteiger partial charge in [-0.2, -0.15) is 0 Å².